The second-order valence-electron chi connectivity index (χ2n) is 4.31. The summed E-state index contributed by atoms with van der Waals surface area (Å²) in [5, 5.41) is 11.6. The van der Waals surface area contributed by atoms with Crippen molar-refractivity contribution in [2.45, 2.75) is 6.92 Å². The Morgan fingerprint density at radius 3 is 2.42 bits per heavy atom. The average molecular weight is 276 g/mol. The number of carbonyl (C=O) groups is 2. The summed E-state index contributed by atoms with van der Waals surface area (Å²) >= 11 is 0. The summed E-state index contributed by atoms with van der Waals surface area (Å²) in [6.07, 6.45) is 0. The van der Waals surface area contributed by atoms with Crippen molar-refractivity contribution in [1.29, 1.82) is 0 Å². The molecule has 0 spiro atoms. The monoisotopic (exact) mass is 276 g/mol. The van der Waals surface area contributed by atoms with Crippen LogP contribution in [0.25, 0.3) is 0 Å². The van der Waals surface area contributed by atoms with Gasteiger partial charge in [-0.3, -0.25) is 14.5 Å². The van der Waals surface area contributed by atoms with Gasteiger partial charge in [-0.1, -0.05) is 6.92 Å². The van der Waals surface area contributed by atoms with Crippen molar-refractivity contribution >= 4 is 11.9 Å². The van der Waals surface area contributed by atoms with Gasteiger partial charge in [0.15, 0.2) is 0 Å². The van der Waals surface area contributed by atoms with E-state index in [0.717, 1.165) is 0 Å². The highest BCUT2D eigenvalue weighted by molar-refractivity contribution is 5.78. The number of hydrogen-bond donors (Lipinski definition) is 2. The predicted octanol–water partition coefficient (Wildman–Crippen LogP) is -0.582. The minimum atomic E-state index is -0.873. The Labute approximate surface area is 113 Å². The Morgan fingerprint density at radius 2 is 1.89 bits per heavy atom. The average Bonchev–Trinajstić information content (AvgIpc) is 2.36. The van der Waals surface area contributed by atoms with Gasteiger partial charge in [-0.05, 0) is 0 Å². The van der Waals surface area contributed by atoms with Gasteiger partial charge in [0, 0.05) is 33.9 Å². The first-order valence-electron chi connectivity index (χ1n) is 6.21. The summed E-state index contributed by atoms with van der Waals surface area (Å²) < 4.78 is 9.79. The number of nitrogens with zero attached hydrogens (tertiary/aromatic N) is 1. The van der Waals surface area contributed by atoms with Crippen LogP contribution in [0.15, 0.2) is 0 Å². The number of rotatable bonds is 11. The summed E-state index contributed by atoms with van der Waals surface area (Å²) in [5.74, 6) is -1.54. The van der Waals surface area contributed by atoms with Gasteiger partial charge >= 0.3 is 5.97 Å². The number of methoxy groups -OCH3 is 2. The number of nitrogens with one attached hydrogen (secondary N) is 1. The molecule has 1 amide bonds. The molecule has 0 aliphatic carbocycles. The van der Waals surface area contributed by atoms with E-state index in [1.165, 1.54) is 0 Å². The SMILES string of the molecule is COCCNC(=O)CN(CCOC)CC(C)C(=O)O. The first-order valence-corrected chi connectivity index (χ1v) is 6.21. The number of amides is 1. The molecule has 1 unspecified atom stereocenters. The Bertz CT molecular complexity index is 273. The largest absolute Gasteiger partial charge is 0.481 e. The van der Waals surface area contributed by atoms with Crippen LogP contribution in [0.4, 0.5) is 0 Å². The zero-order chi connectivity index (χ0) is 14.7. The van der Waals surface area contributed by atoms with Crippen LogP contribution in [-0.4, -0.2) is 75.5 Å². The predicted molar refractivity (Wildman–Crippen MR) is 70.0 cm³/mol. The quantitative estimate of drug-likeness (QED) is 0.491. The van der Waals surface area contributed by atoms with Crippen molar-refractivity contribution in [1.82, 2.24) is 10.2 Å². The third-order valence-corrected chi connectivity index (χ3v) is 2.56. The number of carboxylic acid groups (broad SMARTS) is 1. The lowest BCUT2D eigenvalue weighted by molar-refractivity contribution is -0.142. The molecule has 0 aliphatic heterocycles. The highest BCUT2D eigenvalue weighted by Crippen LogP contribution is 2.00. The van der Waals surface area contributed by atoms with E-state index in [4.69, 9.17) is 14.6 Å². The molecule has 0 aromatic heterocycles. The van der Waals surface area contributed by atoms with Crippen LogP contribution < -0.4 is 5.32 Å². The maximum atomic E-state index is 11.6. The molecule has 0 radical (unpaired) electrons. The zero-order valence-electron chi connectivity index (χ0n) is 11.8. The molecule has 0 fully saturated rings. The zero-order valence-corrected chi connectivity index (χ0v) is 11.8. The fraction of sp³-hybridized carbons (Fsp3) is 0.833. The first kappa shape index (κ1) is 17.8. The van der Waals surface area contributed by atoms with Crippen LogP contribution in [0.1, 0.15) is 6.92 Å². The molecule has 7 heteroatoms. The number of carbonyl (C=O) groups excluding carboxylic acids is 1. The Kier molecular flexibility index (Phi) is 10.1. The molecule has 0 saturated carbocycles. The van der Waals surface area contributed by atoms with Gasteiger partial charge in [0.25, 0.3) is 0 Å². The van der Waals surface area contributed by atoms with Crippen molar-refractivity contribution < 1.29 is 24.2 Å². The fourth-order valence-corrected chi connectivity index (χ4v) is 1.47. The Morgan fingerprint density at radius 1 is 1.26 bits per heavy atom. The standard InChI is InChI=1S/C12H24N2O5/c1-10(12(16)17)8-14(5-7-19-3)9-11(15)13-4-6-18-2/h10H,4-9H2,1-3H3,(H,13,15)(H,16,17). The van der Waals surface area contributed by atoms with E-state index in [1.807, 2.05) is 0 Å². The fourth-order valence-electron chi connectivity index (χ4n) is 1.47. The minimum absolute atomic E-state index is 0.147. The van der Waals surface area contributed by atoms with Gasteiger partial charge in [-0.15, -0.1) is 0 Å². The Balaban J connectivity index is 4.17. The van der Waals surface area contributed by atoms with E-state index in [2.05, 4.69) is 5.32 Å². The molecule has 112 valence electrons. The molecule has 0 bridgehead atoms. The number of hydrogen-bond acceptors (Lipinski definition) is 5. The first-order chi connectivity index (χ1) is 9.01. The third-order valence-electron chi connectivity index (χ3n) is 2.56. The van der Waals surface area contributed by atoms with Crippen molar-refractivity contribution in [2.24, 2.45) is 5.92 Å². The summed E-state index contributed by atoms with van der Waals surface area (Å²) in [5.41, 5.74) is 0. The van der Waals surface area contributed by atoms with Gasteiger partial charge in [-0.2, -0.15) is 0 Å². The molecule has 0 aromatic carbocycles. The van der Waals surface area contributed by atoms with Crippen molar-refractivity contribution in [2.75, 3.05) is 53.6 Å². The van der Waals surface area contributed by atoms with Crippen molar-refractivity contribution in [3.8, 4) is 0 Å². The highest BCUT2D eigenvalue weighted by atomic mass is 16.5. The maximum Gasteiger partial charge on any atom is 0.307 e. The number of ether oxygens (including phenoxy) is 2. The second kappa shape index (κ2) is 10.7. The topological polar surface area (TPSA) is 88.1 Å². The summed E-state index contributed by atoms with van der Waals surface area (Å²) in [6.45, 7) is 3.97. The van der Waals surface area contributed by atoms with E-state index in [1.54, 1.807) is 26.0 Å². The van der Waals surface area contributed by atoms with E-state index >= 15 is 0 Å². The minimum Gasteiger partial charge on any atom is -0.481 e. The van der Waals surface area contributed by atoms with E-state index in [-0.39, 0.29) is 12.5 Å². The smallest absolute Gasteiger partial charge is 0.307 e. The summed E-state index contributed by atoms with van der Waals surface area (Å²) in [4.78, 5) is 24.2. The normalized spacial score (nSPS) is 12.4. The lowest BCUT2D eigenvalue weighted by Crippen LogP contribution is -2.42. The molecular formula is C12H24N2O5. The lowest BCUT2D eigenvalue weighted by atomic mass is 10.1. The van der Waals surface area contributed by atoms with E-state index in [0.29, 0.717) is 32.8 Å². The number of aliphatic carboxylic acids is 1. The maximum absolute atomic E-state index is 11.6. The summed E-state index contributed by atoms with van der Waals surface area (Å²) in [7, 11) is 3.13. The molecule has 7 nitrogen and oxygen atoms in total. The van der Waals surface area contributed by atoms with Crippen LogP contribution in [0.2, 0.25) is 0 Å². The molecule has 0 saturated heterocycles. The van der Waals surface area contributed by atoms with Crippen molar-refractivity contribution in [3.05, 3.63) is 0 Å². The lowest BCUT2D eigenvalue weighted by Gasteiger charge is -2.23. The van der Waals surface area contributed by atoms with Crippen LogP contribution in [0.5, 0.6) is 0 Å². The van der Waals surface area contributed by atoms with Gasteiger partial charge in [-0.25, -0.2) is 0 Å². The van der Waals surface area contributed by atoms with E-state index in [9.17, 15) is 9.59 Å². The molecule has 0 heterocycles. The van der Waals surface area contributed by atoms with Gasteiger partial charge in [0.05, 0.1) is 25.7 Å². The molecule has 0 aromatic rings. The second-order valence-corrected chi connectivity index (χ2v) is 4.31. The molecule has 1 atom stereocenters. The molecule has 19 heavy (non-hydrogen) atoms. The molecule has 0 rings (SSSR count). The van der Waals surface area contributed by atoms with Gasteiger partial charge in [0.1, 0.15) is 0 Å². The van der Waals surface area contributed by atoms with Gasteiger partial charge < -0.3 is 19.9 Å². The molecule has 0 aliphatic rings. The summed E-state index contributed by atoms with van der Waals surface area (Å²) in [6, 6.07) is 0. The van der Waals surface area contributed by atoms with E-state index < -0.39 is 11.9 Å². The van der Waals surface area contributed by atoms with Gasteiger partial charge in [0.2, 0.25) is 5.91 Å². The third kappa shape index (κ3) is 9.40. The highest BCUT2D eigenvalue weighted by Gasteiger charge is 2.18. The Hall–Kier alpha value is -1.18. The molecule has 2 N–H and O–H groups in total. The molecular weight excluding hydrogens is 252 g/mol. The van der Waals surface area contributed by atoms with Crippen LogP contribution in [0, 0.1) is 5.92 Å². The van der Waals surface area contributed by atoms with Crippen molar-refractivity contribution in [3.63, 3.8) is 0 Å². The van der Waals surface area contributed by atoms with Crippen LogP contribution in [-0.2, 0) is 19.1 Å². The number of carboxylic acids is 1. The van der Waals surface area contributed by atoms with Crippen LogP contribution in [0.3, 0.4) is 0 Å². The van der Waals surface area contributed by atoms with Crippen LogP contribution >= 0.6 is 0 Å².